The lowest BCUT2D eigenvalue weighted by molar-refractivity contribution is -0.225. The minimum Gasteiger partial charge on any atom is -0.433 e. The van der Waals surface area contributed by atoms with Crippen molar-refractivity contribution in [1.82, 2.24) is 0 Å². The van der Waals surface area contributed by atoms with Crippen molar-refractivity contribution in [2.75, 3.05) is 0 Å². The number of hydrogen-bond acceptors (Lipinski definition) is 1. The van der Waals surface area contributed by atoms with Gasteiger partial charge in [-0.05, 0) is 54.0 Å². The van der Waals surface area contributed by atoms with Gasteiger partial charge in [-0.1, -0.05) is 54.1 Å². The van der Waals surface area contributed by atoms with E-state index in [1.807, 2.05) is 31.2 Å². The molecule has 0 spiro atoms. The zero-order valence-corrected chi connectivity index (χ0v) is 16.8. The van der Waals surface area contributed by atoms with Crippen LogP contribution >= 0.6 is 0 Å². The summed E-state index contributed by atoms with van der Waals surface area (Å²) in [5, 5.41) is 0. The van der Waals surface area contributed by atoms with Gasteiger partial charge in [0.2, 0.25) is 0 Å². The fraction of sp³-hybridized carbons (Fsp3) is 0.154. The second-order valence-electron chi connectivity index (χ2n) is 7.50. The van der Waals surface area contributed by atoms with E-state index in [0.29, 0.717) is 11.1 Å². The molecular weight excluding hydrogens is 404 g/mol. The standard InChI is InChI=1S/C26H20F4O/c1-17-2-4-18(5-3-17)20-8-15-24(25(28)16-20)19-6-9-21(10-7-19)26(29,30)31-23-13-11-22(27)12-14-23/h2-11,13,15-16H,12,14H2,1H3. The Morgan fingerprint density at radius 1 is 0.742 bits per heavy atom. The minimum absolute atomic E-state index is 0.0215. The Morgan fingerprint density at radius 2 is 1.39 bits per heavy atom. The summed E-state index contributed by atoms with van der Waals surface area (Å²) in [7, 11) is 0. The van der Waals surface area contributed by atoms with Gasteiger partial charge in [0.05, 0.1) is 5.56 Å². The maximum absolute atomic E-state index is 14.8. The quantitative estimate of drug-likeness (QED) is 0.376. The Hall–Kier alpha value is -3.34. The Labute approximate surface area is 178 Å². The Balaban J connectivity index is 1.54. The molecule has 0 amide bonds. The number of rotatable bonds is 5. The lowest BCUT2D eigenvalue weighted by Crippen LogP contribution is -2.18. The van der Waals surface area contributed by atoms with Crippen LogP contribution < -0.4 is 0 Å². The fourth-order valence-electron chi connectivity index (χ4n) is 3.42. The van der Waals surface area contributed by atoms with Gasteiger partial charge in [0.25, 0.3) is 0 Å². The summed E-state index contributed by atoms with van der Waals surface area (Å²) in [6.45, 7) is 1.98. The first-order valence-electron chi connectivity index (χ1n) is 9.91. The number of ether oxygens (including phenoxy) is 1. The average molecular weight is 424 g/mol. The summed E-state index contributed by atoms with van der Waals surface area (Å²) in [6.07, 6.45) is -1.11. The van der Waals surface area contributed by atoms with Crippen LogP contribution in [0.1, 0.15) is 24.0 Å². The SMILES string of the molecule is Cc1ccc(-c2ccc(-c3ccc(C(F)(F)OC4=CC=C(F)CC4)cc3)c(F)c2)cc1. The number of alkyl halides is 2. The van der Waals surface area contributed by atoms with Crippen molar-refractivity contribution in [3.63, 3.8) is 0 Å². The van der Waals surface area contributed by atoms with E-state index in [0.717, 1.165) is 22.8 Å². The van der Waals surface area contributed by atoms with E-state index in [1.165, 1.54) is 36.4 Å². The van der Waals surface area contributed by atoms with Crippen molar-refractivity contribution in [3.05, 3.63) is 107 Å². The predicted octanol–water partition coefficient (Wildman–Crippen LogP) is 8.07. The molecule has 0 atom stereocenters. The normalized spacial score (nSPS) is 14.1. The van der Waals surface area contributed by atoms with Gasteiger partial charge in [-0.15, -0.1) is 0 Å². The summed E-state index contributed by atoms with van der Waals surface area (Å²) in [4.78, 5) is 0. The fourth-order valence-corrected chi connectivity index (χ4v) is 3.42. The van der Waals surface area contributed by atoms with Crippen LogP contribution in [0.3, 0.4) is 0 Å². The Bertz CT molecular complexity index is 1140. The van der Waals surface area contributed by atoms with Crippen molar-refractivity contribution in [2.24, 2.45) is 0 Å². The van der Waals surface area contributed by atoms with E-state index in [9.17, 15) is 17.6 Å². The van der Waals surface area contributed by atoms with Gasteiger partial charge in [-0.2, -0.15) is 8.78 Å². The first-order chi connectivity index (χ1) is 14.8. The van der Waals surface area contributed by atoms with Gasteiger partial charge in [0, 0.05) is 18.4 Å². The average Bonchev–Trinajstić information content (AvgIpc) is 2.76. The summed E-state index contributed by atoms with van der Waals surface area (Å²) >= 11 is 0. The van der Waals surface area contributed by atoms with Gasteiger partial charge in [-0.25, -0.2) is 8.78 Å². The van der Waals surface area contributed by atoms with Crippen molar-refractivity contribution in [2.45, 2.75) is 25.9 Å². The molecule has 1 aliphatic rings. The van der Waals surface area contributed by atoms with E-state index in [2.05, 4.69) is 0 Å². The lowest BCUT2D eigenvalue weighted by Gasteiger charge is -2.21. The molecule has 5 heteroatoms. The van der Waals surface area contributed by atoms with Crippen LogP contribution in [-0.2, 0) is 10.8 Å². The molecule has 0 unspecified atom stereocenters. The highest BCUT2D eigenvalue weighted by Gasteiger charge is 2.35. The van der Waals surface area contributed by atoms with E-state index < -0.39 is 11.9 Å². The third-order valence-corrected chi connectivity index (χ3v) is 5.21. The molecule has 31 heavy (non-hydrogen) atoms. The maximum Gasteiger partial charge on any atom is 0.426 e. The number of hydrogen-bond donors (Lipinski definition) is 0. The number of aryl methyl sites for hydroxylation is 1. The molecule has 3 aromatic rings. The number of allylic oxidation sites excluding steroid dienone is 4. The molecule has 4 rings (SSSR count). The van der Waals surface area contributed by atoms with E-state index in [-0.39, 0.29) is 30.0 Å². The zero-order valence-electron chi connectivity index (χ0n) is 16.8. The molecule has 1 aliphatic carbocycles. The van der Waals surface area contributed by atoms with Crippen LogP contribution in [0.2, 0.25) is 0 Å². The van der Waals surface area contributed by atoms with Crippen LogP contribution in [0.5, 0.6) is 0 Å². The molecular formula is C26H20F4O. The summed E-state index contributed by atoms with van der Waals surface area (Å²) < 4.78 is 61.5. The molecule has 3 aromatic carbocycles. The number of halogens is 4. The van der Waals surface area contributed by atoms with Crippen LogP contribution in [0.15, 0.2) is 90.5 Å². The molecule has 0 saturated heterocycles. The summed E-state index contributed by atoms with van der Waals surface area (Å²) in [6, 6.07) is 17.9. The molecule has 158 valence electrons. The van der Waals surface area contributed by atoms with E-state index >= 15 is 0 Å². The van der Waals surface area contributed by atoms with Gasteiger partial charge >= 0.3 is 6.11 Å². The second-order valence-corrected chi connectivity index (χ2v) is 7.50. The van der Waals surface area contributed by atoms with Crippen molar-refractivity contribution < 1.29 is 22.3 Å². The van der Waals surface area contributed by atoms with Crippen LogP contribution in [0.25, 0.3) is 22.3 Å². The van der Waals surface area contributed by atoms with Gasteiger partial charge < -0.3 is 4.74 Å². The highest BCUT2D eigenvalue weighted by molar-refractivity contribution is 5.71. The third kappa shape index (κ3) is 4.71. The highest BCUT2D eigenvalue weighted by Crippen LogP contribution is 2.36. The van der Waals surface area contributed by atoms with Crippen molar-refractivity contribution in [1.29, 1.82) is 0 Å². The van der Waals surface area contributed by atoms with E-state index in [4.69, 9.17) is 4.74 Å². The molecule has 0 saturated carbocycles. The molecule has 0 heterocycles. The predicted molar refractivity (Wildman–Crippen MR) is 113 cm³/mol. The Morgan fingerprint density at radius 3 is 2.00 bits per heavy atom. The molecule has 0 fully saturated rings. The van der Waals surface area contributed by atoms with Crippen LogP contribution in [-0.4, -0.2) is 0 Å². The smallest absolute Gasteiger partial charge is 0.426 e. The molecule has 0 aromatic heterocycles. The van der Waals surface area contributed by atoms with Crippen LogP contribution in [0, 0.1) is 12.7 Å². The van der Waals surface area contributed by atoms with Gasteiger partial charge in [-0.3, -0.25) is 0 Å². The number of benzene rings is 3. The molecule has 1 nitrogen and oxygen atoms in total. The Kier molecular flexibility index (Phi) is 5.68. The van der Waals surface area contributed by atoms with Gasteiger partial charge in [0.1, 0.15) is 17.4 Å². The minimum atomic E-state index is -3.57. The summed E-state index contributed by atoms with van der Waals surface area (Å²) in [5.41, 5.74) is 3.20. The topological polar surface area (TPSA) is 9.23 Å². The molecule has 0 aliphatic heterocycles. The van der Waals surface area contributed by atoms with Crippen molar-refractivity contribution >= 4 is 0 Å². The maximum atomic E-state index is 14.8. The molecule has 0 bridgehead atoms. The monoisotopic (exact) mass is 424 g/mol. The first-order valence-corrected chi connectivity index (χ1v) is 9.91. The van der Waals surface area contributed by atoms with Crippen LogP contribution in [0.4, 0.5) is 17.6 Å². The third-order valence-electron chi connectivity index (χ3n) is 5.21. The first kappa shape index (κ1) is 20.9. The summed E-state index contributed by atoms with van der Waals surface area (Å²) in [5.74, 6) is -0.779. The van der Waals surface area contributed by atoms with E-state index in [1.54, 1.807) is 12.1 Å². The second kappa shape index (κ2) is 8.42. The molecule has 0 radical (unpaired) electrons. The lowest BCUT2D eigenvalue weighted by atomic mass is 9.98. The highest BCUT2D eigenvalue weighted by atomic mass is 19.3. The largest absolute Gasteiger partial charge is 0.433 e. The zero-order chi connectivity index (χ0) is 22.0. The van der Waals surface area contributed by atoms with Crippen molar-refractivity contribution in [3.8, 4) is 22.3 Å². The van der Waals surface area contributed by atoms with Gasteiger partial charge in [0.15, 0.2) is 0 Å². The molecule has 0 N–H and O–H groups in total.